The number of carbonyl (C=O) groups is 2. The molecule has 106 valence electrons. The van der Waals surface area contributed by atoms with Crippen molar-refractivity contribution in [2.24, 2.45) is 0 Å². The molecule has 1 fully saturated rings. The Balaban J connectivity index is 2.05. The average Bonchev–Trinajstić information content (AvgIpc) is 3.20. The van der Waals surface area contributed by atoms with Crippen molar-refractivity contribution in [3.05, 3.63) is 29.3 Å². The number of alkyl halides is 1. The van der Waals surface area contributed by atoms with Gasteiger partial charge in [0.05, 0.1) is 11.0 Å². The summed E-state index contributed by atoms with van der Waals surface area (Å²) in [6.45, 7) is 3.85. The zero-order valence-corrected chi connectivity index (χ0v) is 12.2. The number of hydrogen-bond acceptors (Lipinski definition) is 3. The first kappa shape index (κ1) is 13.4. The number of anilines is 1. The molecule has 1 aromatic carbocycles. The van der Waals surface area contributed by atoms with Crippen LogP contribution in [-0.2, 0) is 14.9 Å². The number of fused-ring (bicyclic) bond motifs is 1. The van der Waals surface area contributed by atoms with Crippen molar-refractivity contribution in [2.45, 2.75) is 38.1 Å². The van der Waals surface area contributed by atoms with Crippen LogP contribution in [0.4, 0.5) is 5.69 Å². The fourth-order valence-corrected chi connectivity index (χ4v) is 2.84. The molecule has 0 spiro atoms. The van der Waals surface area contributed by atoms with E-state index in [4.69, 9.17) is 16.3 Å². The van der Waals surface area contributed by atoms with Gasteiger partial charge in [-0.3, -0.25) is 4.79 Å². The molecule has 0 aromatic heterocycles. The van der Waals surface area contributed by atoms with Crippen LogP contribution in [0.15, 0.2) is 18.2 Å². The Hall–Kier alpha value is -1.55. The molecule has 0 N–H and O–H groups in total. The molecule has 0 unspecified atom stereocenters. The van der Waals surface area contributed by atoms with E-state index in [0.717, 1.165) is 24.1 Å². The van der Waals surface area contributed by atoms with Gasteiger partial charge in [0.15, 0.2) is 6.07 Å². The highest BCUT2D eigenvalue weighted by Crippen LogP contribution is 2.46. The minimum atomic E-state index is -0.535. The number of rotatable bonds is 3. The summed E-state index contributed by atoms with van der Waals surface area (Å²) in [5.74, 6) is -0.353. The predicted octanol–water partition coefficient (Wildman–Crippen LogP) is 2.83. The minimum Gasteiger partial charge on any atom is -0.446 e. The molecule has 5 heteroatoms. The summed E-state index contributed by atoms with van der Waals surface area (Å²) < 4.78 is 4.80. The Morgan fingerprint density at radius 1 is 1.45 bits per heavy atom. The first-order valence-electron chi connectivity index (χ1n) is 6.68. The molecule has 4 nitrogen and oxygen atoms in total. The van der Waals surface area contributed by atoms with Gasteiger partial charge >= 0.3 is 5.97 Å². The van der Waals surface area contributed by atoms with E-state index in [0.29, 0.717) is 5.56 Å². The predicted molar refractivity (Wildman–Crippen MR) is 76.1 cm³/mol. The molecule has 1 amide bonds. The first-order chi connectivity index (χ1) is 9.46. The van der Waals surface area contributed by atoms with Crippen molar-refractivity contribution >= 4 is 29.2 Å². The maximum atomic E-state index is 12.6. The van der Waals surface area contributed by atoms with Gasteiger partial charge in [0.2, 0.25) is 5.91 Å². The second-order valence-electron chi connectivity index (χ2n) is 5.80. The third-order valence-electron chi connectivity index (χ3n) is 4.02. The van der Waals surface area contributed by atoms with E-state index in [9.17, 15) is 9.59 Å². The van der Waals surface area contributed by atoms with Gasteiger partial charge in [0.1, 0.15) is 0 Å². The van der Waals surface area contributed by atoms with Crippen LogP contribution in [0.25, 0.3) is 0 Å². The van der Waals surface area contributed by atoms with Gasteiger partial charge in [-0.2, -0.15) is 0 Å². The number of halogens is 1. The third-order valence-corrected chi connectivity index (χ3v) is 4.13. The second-order valence-corrected chi connectivity index (χ2v) is 6.02. The van der Waals surface area contributed by atoms with Crippen molar-refractivity contribution in [3.63, 3.8) is 0 Å². The molecule has 1 saturated carbocycles. The number of benzene rings is 1. The van der Waals surface area contributed by atoms with Crippen LogP contribution in [0.3, 0.4) is 0 Å². The Kier molecular flexibility index (Phi) is 3.01. The zero-order valence-electron chi connectivity index (χ0n) is 11.5. The quantitative estimate of drug-likeness (QED) is 0.636. The van der Waals surface area contributed by atoms with Gasteiger partial charge in [-0.15, -0.1) is 0 Å². The smallest absolute Gasteiger partial charge is 0.339 e. The van der Waals surface area contributed by atoms with Crippen molar-refractivity contribution in [1.29, 1.82) is 0 Å². The van der Waals surface area contributed by atoms with E-state index < -0.39 is 11.4 Å². The maximum absolute atomic E-state index is 12.6. The van der Waals surface area contributed by atoms with Gasteiger partial charge in [-0.05, 0) is 44.4 Å². The van der Waals surface area contributed by atoms with Crippen molar-refractivity contribution in [2.75, 3.05) is 11.0 Å². The normalized spacial score (nSPS) is 19.9. The van der Waals surface area contributed by atoms with Crippen molar-refractivity contribution < 1.29 is 14.3 Å². The van der Waals surface area contributed by atoms with E-state index in [1.54, 1.807) is 12.1 Å². The molecule has 2 aliphatic rings. The molecule has 1 heterocycles. The van der Waals surface area contributed by atoms with E-state index in [2.05, 4.69) is 0 Å². The third kappa shape index (κ3) is 1.90. The topological polar surface area (TPSA) is 46.6 Å². The van der Waals surface area contributed by atoms with E-state index >= 15 is 0 Å². The van der Waals surface area contributed by atoms with Crippen LogP contribution in [0.5, 0.6) is 0 Å². The summed E-state index contributed by atoms with van der Waals surface area (Å²) in [6, 6.07) is 5.39. The molecular weight excluding hydrogens is 278 g/mol. The Morgan fingerprint density at radius 3 is 2.75 bits per heavy atom. The summed E-state index contributed by atoms with van der Waals surface area (Å²) in [7, 11) is 0. The van der Waals surface area contributed by atoms with Gasteiger partial charge in [0, 0.05) is 11.7 Å². The van der Waals surface area contributed by atoms with E-state index in [1.807, 2.05) is 24.8 Å². The van der Waals surface area contributed by atoms with Crippen molar-refractivity contribution in [3.8, 4) is 0 Å². The van der Waals surface area contributed by atoms with Gasteiger partial charge < -0.3 is 9.64 Å². The molecule has 20 heavy (non-hydrogen) atoms. The summed E-state index contributed by atoms with van der Waals surface area (Å²) in [5, 5.41) is 0. The molecule has 0 atom stereocenters. The molecule has 0 saturated heterocycles. The van der Waals surface area contributed by atoms with Crippen LogP contribution in [0.2, 0.25) is 0 Å². The SMILES string of the molecule is CC1(C)C(=O)N(C2CC2)c2cc(C(=O)OCCl)ccc21. The Labute approximate surface area is 122 Å². The van der Waals surface area contributed by atoms with Crippen LogP contribution in [0.1, 0.15) is 42.6 Å². The Morgan fingerprint density at radius 2 is 2.15 bits per heavy atom. The molecule has 0 bridgehead atoms. The highest BCUT2D eigenvalue weighted by Gasteiger charge is 2.49. The highest BCUT2D eigenvalue weighted by atomic mass is 35.5. The van der Waals surface area contributed by atoms with Crippen LogP contribution in [-0.4, -0.2) is 24.0 Å². The lowest BCUT2D eigenvalue weighted by molar-refractivity contribution is -0.122. The van der Waals surface area contributed by atoms with Crippen LogP contribution < -0.4 is 4.90 Å². The minimum absolute atomic E-state index is 0.109. The largest absolute Gasteiger partial charge is 0.446 e. The second kappa shape index (κ2) is 4.48. The number of nitrogens with zero attached hydrogens (tertiary/aromatic N) is 1. The molecule has 1 aliphatic carbocycles. The lowest BCUT2D eigenvalue weighted by Gasteiger charge is -2.19. The highest BCUT2D eigenvalue weighted by molar-refractivity contribution is 6.17. The van der Waals surface area contributed by atoms with Crippen LogP contribution in [0, 0.1) is 0 Å². The van der Waals surface area contributed by atoms with Crippen molar-refractivity contribution in [1.82, 2.24) is 0 Å². The summed E-state index contributed by atoms with van der Waals surface area (Å²) in [4.78, 5) is 26.2. The zero-order chi connectivity index (χ0) is 14.5. The standard InChI is InChI=1S/C15H16ClNO3/c1-15(2)11-6-3-9(13(18)20-8-16)7-12(11)17(14(15)19)10-4-5-10/h3,6-7,10H,4-5,8H2,1-2H3. The molecular formula is C15H16ClNO3. The van der Waals surface area contributed by atoms with E-state index in [1.165, 1.54) is 0 Å². The fraction of sp³-hybridized carbons (Fsp3) is 0.467. The van der Waals surface area contributed by atoms with Gasteiger partial charge in [-0.25, -0.2) is 4.79 Å². The summed E-state index contributed by atoms with van der Waals surface area (Å²) >= 11 is 5.41. The van der Waals surface area contributed by atoms with Crippen LogP contribution >= 0.6 is 11.6 Å². The number of ether oxygens (including phenoxy) is 1. The summed E-state index contributed by atoms with van der Waals surface area (Å²) in [5.41, 5.74) is 1.70. The Bertz CT molecular complexity index is 593. The molecule has 1 aromatic rings. The molecule has 1 aliphatic heterocycles. The lowest BCUT2D eigenvalue weighted by Crippen LogP contribution is -2.37. The van der Waals surface area contributed by atoms with Gasteiger partial charge in [0.25, 0.3) is 0 Å². The van der Waals surface area contributed by atoms with Gasteiger partial charge in [-0.1, -0.05) is 17.7 Å². The average molecular weight is 294 g/mol. The number of esters is 1. The van der Waals surface area contributed by atoms with E-state index in [-0.39, 0.29) is 18.0 Å². The number of carbonyl (C=O) groups excluding carboxylic acids is 2. The number of hydrogen-bond donors (Lipinski definition) is 0. The molecule has 0 radical (unpaired) electrons. The lowest BCUT2D eigenvalue weighted by atomic mass is 9.86. The fourth-order valence-electron chi connectivity index (χ4n) is 2.74. The summed E-state index contributed by atoms with van der Waals surface area (Å²) in [6.07, 6.45) is 2.05. The first-order valence-corrected chi connectivity index (χ1v) is 7.21. The molecule has 3 rings (SSSR count). The maximum Gasteiger partial charge on any atom is 0.339 e. The monoisotopic (exact) mass is 293 g/mol. The number of amides is 1.